The summed E-state index contributed by atoms with van der Waals surface area (Å²) in [7, 11) is 0.133. The number of anilines is 1. The van der Waals surface area contributed by atoms with E-state index in [1.54, 1.807) is 30.1 Å². The standard InChI is InChI=1S/C22H22N4O4S3/c1-26(2)9-10-31-22-24-13-15(32-22)12-23-20(27)14-7-8-19-17(11-14)25-21(28)16-5-3-4-6-18(16)33(19,29)30/h3-8,11,13H,9-10,12H2,1-2H3,(H,23,27)(H,25,28). The van der Waals surface area contributed by atoms with Crippen LogP contribution in [0.5, 0.6) is 0 Å². The van der Waals surface area contributed by atoms with Crippen LogP contribution >= 0.6 is 23.1 Å². The number of carbonyl (C=O) groups excluding carboxylic acids is 2. The maximum absolute atomic E-state index is 13.1. The van der Waals surface area contributed by atoms with Crippen LogP contribution in [0.25, 0.3) is 0 Å². The lowest BCUT2D eigenvalue weighted by Gasteiger charge is -2.10. The first kappa shape index (κ1) is 23.4. The number of nitrogens with zero attached hydrogens (tertiary/aromatic N) is 2. The Labute approximate surface area is 200 Å². The van der Waals surface area contributed by atoms with Gasteiger partial charge in [0.1, 0.15) is 4.34 Å². The zero-order valence-corrected chi connectivity index (χ0v) is 20.4. The number of aromatic nitrogens is 1. The van der Waals surface area contributed by atoms with Crippen molar-refractivity contribution in [3.05, 3.63) is 64.7 Å². The summed E-state index contributed by atoms with van der Waals surface area (Å²) in [6.07, 6.45) is 1.74. The average molecular weight is 503 g/mol. The minimum atomic E-state index is -3.91. The van der Waals surface area contributed by atoms with Crippen molar-refractivity contribution in [1.82, 2.24) is 15.2 Å². The van der Waals surface area contributed by atoms with Gasteiger partial charge in [-0.3, -0.25) is 9.59 Å². The van der Waals surface area contributed by atoms with Gasteiger partial charge in [0, 0.05) is 28.9 Å². The van der Waals surface area contributed by atoms with Crippen molar-refractivity contribution in [2.75, 3.05) is 31.7 Å². The Morgan fingerprint density at radius 3 is 2.76 bits per heavy atom. The molecule has 0 saturated carbocycles. The summed E-state index contributed by atoms with van der Waals surface area (Å²) in [6.45, 7) is 1.25. The fourth-order valence-electron chi connectivity index (χ4n) is 3.22. The van der Waals surface area contributed by atoms with E-state index in [0.29, 0.717) is 6.54 Å². The molecule has 33 heavy (non-hydrogen) atoms. The summed E-state index contributed by atoms with van der Waals surface area (Å²) >= 11 is 3.19. The lowest BCUT2D eigenvalue weighted by Crippen LogP contribution is -2.22. The number of rotatable bonds is 7. The van der Waals surface area contributed by atoms with E-state index in [4.69, 9.17) is 0 Å². The van der Waals surface area contributed by atoms with E-state index < -0.39 is 15.7 Å². The number of sulfone groups is 1. The Kier molecular flexibility index (Phi) is 6.84. The van der Waals surface area contributed by atoms with Gasteiger partial charge in [-0.15, -0.1) is 11.3 Å². The van der Waals surface area contributed by atoms with Crippen molar-refractivity contribution in [1.29, 1.82) is 0 Å². The number of benzene rings is 2. The second-order valence-corrected chi connectivity index (χ2v) is 11.9. The van der Waals surface area contributed by atoms with E-state index in [9.17, 15) is 18.0 Å². The lowest BCUT2D eigenvalue weighted by atomic mass is 10.1. The predicted molar refractivity (Wildman–Crippen MR) is 129 cm³/mol. The third-order valence-corrected chi connectivity index (χ3v) is 8.92. The highest BCUT2D eigenvalue weighted by molar-refractivity contribution is 8.01. The van der Waals surface area contributed by atoms with Gasteiger partial charge in [-0.2, -0.15) is 0 Å². The van der Waals surface area contributed by atoms with Crippen LogP contribution in [-0.2, 0) is 16.4 Å². The number of carbonyl (C=O) groups is 2. The van der Waals surface area contributed by atoms with Gasteiger partial charge in [0.25, 0.3) is 11.8 Å². The zero-order valence-electron chi connectivity index (χ0n) is 18.0. The molecule has 0 bridgehead atoms. The molecule has 1 aliphatic rings. The third kappa shape index (κ3) is 5.11. The van der Waals surface area contributed by atoms with E-state index in [2.05, 4.69) is 20.5 Å². The second kappa shape index (κ2) is 9.64. The smallest absolute Gasteiger partial charge is 0.257 e. The van der Waals surface area contributed by atoms with Crippen molar-refractivity contribution in [2.45, 2.75) is 20.7 Å². The van der Waals surface area contributed by atoms with Gasteiger partial charge in [-0.1, -0.05) is 23.9 Å². The molecule has 0 unspecified atom stereocenters. The molecule has 0 aliphatic carbocycles. The van der Waals surface area contributed by atoms with Gasteiger partial charge in [0.05, 0.1) is 27.6 Å². The quantitative estimate of drug-likeness (QED) is 0.478. The van der Waals surface area contributed by atoms with Crippen molar-refractivity contribution >= 4 is 50.4 Å². The van der Waals surface area contributed by atoms with Crippen LogP contribution in [0.3, 0.4) is 0 Å². The molecule has 8 nitrogen and oxygen atoms in total. The average Bonchev–Trinajstić information content (AvgIpc) is 3.21. The maximum Gasteiger partial charge on any atom is 0.257 e. The molecule has 0 spiro atoms. The van der Waals surface area contributed by atoms with E-state index in [-0.39, 0.29) is 32.5 Å². The highest BCUT2D eigenvalue weighted by atomic mass is 32.2. The number of thiazole rings is 1. The van der Waals surface area contributed by atoms with Crippen LogP contribution in [0.2, 0.25) is 0 Å². The van der Waals surface area contributed by atoms with Gasteiger partial charge >= 0.3 is 0 Å². The van der Waals surface area contributed by atoms with Crippen LogP contribution < -0.4 is 10.6 Å². The van der Waals surface area contributed by atoms with Crippen LogP contribution in [-0.4, -0.2) is 56.5 Å². The minimum absolute atomic E-state index is 0.0424. The summed E-state index contributed by atoms with van der Waals surface area (Å²) in [5.41, 5.74) is 0.408. The van der Waals surface area contributed by atoms with Crippen molar-refractivity contribution in [3.63, 3.8) is 0 Å². The molecule has 1 aliphatic heterocycles. The highest BCUT2D eigenvalue weighted by Gasteiger charge is 2.31. The third-order valence-electron chi connectivity index (χ3n) is 4.92. The minimum Gasteiger partial charge on any atom is -0.347 e. The largest absolute Gasteiger partial charge is 0.347 e. The SMILES string of the molecule is CN(C)CCSc1ncc(CNC(=O)c2ccc3c(c2)NC(=O)c2ccccc2S3(=O)=O)s1. The normalized spacial score (nSPS) is 14.2. The molecule has 11 heteroatoms. The fourth-order valence-corrected chi connectivity index (χ4v) is 6.96. The number of thioether (sulfide) groups is 1. The number of fused-ring (bicyclic) bond motifs is 2. The molecule has 3 aromatic rings. The summed E-state index contributed by atoms with van der Waals surface area (Å²) in [6, 6.07) is 10.2. The monoisotopic (exact) mass is 502 g/mol. The first-order valence-electron chi connectivity index (χ1n) is 10.1. The van der Waals surface area contributed by atoms with Crippen molar-refractivity contribution in [3.8, 4) is 0 Å². The number of hydrogen-bond donors (Lipinski definition) is 2. The Morgan fingerprint density at radius 1 is 1.18 bits per heavy atom. The van der Waals surface area contributed by atoms with E-state index in [1.165, 1.54) is 41.7 Å². The van der Waals surface area contributed by atoms with Gasteiger partial charge in [-0.25, -0.2) is 13.4 Å². The van der Waals surface area contributed by atoms with Crippen LogP contribution in [0.4, 0.5) is 5.69 Å². The van der Waals surface area contributed by atoms with Crippen LogP contribution in [0, 0.1) is 0 Å². The lowest BCUT2D eigenvalue weighted by molar-refractivity contribution is 0.0949. The van der Waals surface area contributed by atoms with E-state index in [0.717, 1.165) is 21.5 Å². The summed E-state index contributed by atoms with van der Waals surface area (Å²) in [4.78, 5) is 32.6. The Morgan fingerprint density at radius 2 is 1.97 bits per heavy atom. The number of nitrogens with one attached hydrogen (secondary N) is 2. The number of amides is 2. The molecule has 2 aromatic carbocycles. The van der Waals surface area contributed by atoms with E-state index in [1.807, 2.05) is 14.1 Å². The zero-order chi connectivity index (χ0) is 23.6. The van der Waals surface area contributed by atoms with Gasteiger partial charge < -0.3 is 15.5 Å². The van der Waals surface area contributed by atoms with Gasteiger partial charge in [0.15, 0.2) is 0 Å². The van der Waals surface area contributed by atoms with Crippen LogP contribution in [0.1, 0.15) is 25.6 Å². The Hall–Kier alpha value is -2.73. The Balaban J connectivity index is 1.47. The second-order valence-electron chi connectivity index (χ2n) is 7.59. The molecular weight excluding hydrogens is 480 g/mol. The summed E-state index contributed by atoms with van der Waals surface area (Å²) < 4.78 is 27.1. The molecule has 172 valence electrons. The molecule has 0 atom stereocenters. The molecule has 0 fully saturated rings. The number of hydrogen-bond acceptors (Lipinski definition) is 8. The van der Waals surface area contributed by atoms with E-state index >= 15 is 0 Å². The highest BCUT2D eigenvalue weighted by Crippen LogP contribution is 2.34. The van der Waals surface area contributed by atoms with Crippen molar-refractivity contribution in [2.24, 2.45) is 0 Å². The first-order chi connectivity index (χ1) is 15.8. The van der Waals surface area contributed by atoms with Gasteiger partial charge in [-0.05, 0) is 44.4 Å². The molecule has 1 aromatic heterocycles. The molecule has 2 N–H and O–H groups in total. The first-order valence-corrected chi connectivity index (χ1v) is 13.3. The molecule has 4 rings (SSSR count). The molecular formula is C22H22N4O4S3. The topological polar surface area (TPSA) is 108 Å². The summed E-state index contributed by atoms with van der Waals surface area (Å²) in [5.74, 6) is 0.0239. The maximum atomic E-state index is 13.1. The molecule has 2 amide bonds. The summed E-state index contributed by atoms with van der Waals surface area (Å²) in [5, 5.41) is 5.45. The van der Waals surface area contributed by atoms with Crippen molar-refractivity contribution < 1.29 is 18.0 Å². The fraction of sp³-hybridized carbons (Fsp3) is 0.227. The van der Waals surface area contributed by atoms with Gasteiger partial charge in [0.2, 0.25) is 9.84 Å². The van der Waals surface area contributed by atoms with Crippen LogP contribution in [0.15, 0.2) is 62.8 Å². The molecule has 2 heterocycles. The Bertz CT molecular complexity index is 1320. The predicted octanol–water partition coefficient (Wildman–Crippen LogP) is 3.13. The molecule has 0 saturated heterocycles. The molecule has 0 radical (unpaired) electrons.